The Morgan fingerprint density at radius 1 is 1.29 bits per heavy atom. The molecule has 2 rings (SSSR count). The van der Waals surface area contributed by atoms with Crippen molar-refractivity contribution in [2.45, 2.75) is 37.5 Å². The summed E-state index contributed by atoms with van der Waals surface area (Å²) in [6.07, 6.45) is 2.46. The van der Waals surface area contributed by atoms with Gasteiger partial charge in [0.2, 0.25) is 0 Å². The molecule has 1 atom stereocenters. The molecular formula is C17H27BrN2S. The third-order valence-electron chi connectivity index (χ3n) is 4.29. The summed E-state index contributed by atoms with van der Waals surface area (Å²) in [5.74, 6) is 1.26. The molecule has 118 valence electrons. The molecule has 1 aliphatic rings. The summed E-state index contributed by atoms with van der Waals surface area (Å²) >= 11 is 5.63. The minimum absolute atomic E-state index is 0.446. The number of hydrogen-bond donors (Lipinski definition) is 1. The molecule has 1 aliphatic heterocycles. The highest BCUT2D eigenvalue weighted by Crippen LogP contribution is 2.31. The zero-order valence-corrected chi connectivity index (χ0v) is 15.8. The van der Waals surface area contributed by atoms with Crippen LogP contribution in [0.4, 0.5) is 0 Å². The van der Waals surface area contributed by atoms with Crippen molar-refractivity contribution < 1.29 is 0 Å². The Morgan fingerprint density at radius 2 is 2.00 bits per heavy atom. The van der Waals surface area contributed by atoms with Crippen molar-refractivity contribution in [3.8, 4) is 0 Å². The van der Waals surface area contributed by atoms with Gasteiger partial charge in [0.15, 0.2) is 0 Å². The Balaban J connectivity index is 1.87. The van der Waals surface area contributed by atoms with Crippen LogP contribution in [0, 0.1) is 0 Å². The van der Waals surface area contributed by atoms with Gasteiger partial charge in [-0.3, -0.25) is 0 Å². The van der Waals surface area contributed by atoms with E-state index in [0.29, 0.717) is 10.8 Å². The average Bonchev–Trinajstić information content (AvgIpc) is 2.62. The number of halogens is 1. The molecule has 1 N–H and O–H groups in total. The molecule has 1 aromatic carbocycles. The number of hydrogen-bond acceptors (Lipinski definition) is 3. The van der Waals surface area contributed by atoms with Crippen LogP contribution in [-0.4, -0.2) is 42.1 Å². The van der Waals surface area contributed by atoms with Gasteiger partial charge in [-0.1, -0.05) is 41.9 Å². The Bertz CT molecular complexity index is 433. The predicted octanol–water partition coefficient (Wildman–Crippen LogP) is 4.32. The van der Waals surface area contributed by atoms with Gasteiger partial charge >= 0.3 is 0 Å². The van der Waals surface area contributed by atoms with Gasteiger partial charge in [0.25, 0.3) is 0 Å². The van der Waals surface area contributed by atoms with Crippen molar-refractivity contribution in [2.24, 2.45) is 0 Å². The van der Waals surface area contributed by atoms with Gasteiger partial charge in [-0.2, -0.15) is 11.8 Å². The van der Waals surface area contributed by atoms with E-state index in [1.165, 1.54) is 43.8 Å². The van der Waals surface area contributed by atoms with Crippen LogP contribution in [0.2, 0.25) is 0 Å². The van der Waals surface area contributed by atoms with Gasteiger partial charge in [-0.15, -0.1) is 0 Å². The molecule has 1 heterocycles. The standard InChI is InChI=1S/C17H27BrN2S/c1-17(2)9-11-20(12-13-21-17)10-8-16(19-3)14-4-6-15(18)7-5-14/h4-7,16,19H,8-13H2,1-3H3. The summed E-state index contributed by atoms with van der Waals surface area (Å²) in [7, 11) is 2.06. The maximum atomic E-state index is 3.51. The van der Waals surface area contributed by atoms with Crippen molar-refractivity contribution in [1.82, 2.24) is 10.2 Å². The molecule has 0 bridgehead atoms. The first-order valence-corrected chi connectivity index (χ1v) is 9.57. The molecule has 0 amide bonds. The van der Waals surface area contributed by atoms with Crippen molar-refractivity contribution >= 4 is 27.7 Å². The van der Waals surface area contributed by atoms with Crippen LogP contribution in [0.1, 0.15) is 38.3 Å². The molecule has 1 aromatic rings. The predicted molar refractivity (Wildman–Crippen MR) is 98.2 cm³/mol. The molecule has 2 nitrogen and oxygen atoms in total. The molecule has 21 heavy (non-hydrogen) atoms. The summed E-state index contributed by atoms with van der Waals surface area (Å²) in [6, 6.07) is 9.14. The molecule has 0 aromatic heterocycles. The molecule has 4 heteroatoms. The second kappa shape index (κ2) is 8.00. The first kappa shape index (κ1) is 17.3. The summed E-state index contributed by atoms with van der Waals surface area (Å²) in [5.41, 5.74) is 1.38. The normalized spacial score (nSPS) is 21.0. The number of thioether (sulfide) groups is 1. The summed E-state index contributed by atoms with van der Waals surface area (Å²) < 4.78 is 1.59. The zero-order chi connectivity index (χ0) is 15.3. The number of nitrogens with one attached hydrogen (secondary N) is 1. The van der Waals surface area contributed by atoms with Crippen LogP contribution >= 0.6 is 27.7 Å². The van der Waals surface area contributed by atoms with E-state index in [9.17, 15) is 0 Å². The van der Waals surface area contributed by atoms with Gasteiger partial charge in [-0.05, 0) is 50.7 Å². The van der Waals surface area contributed by atoms with E-state index < -0.39 is 0 Å². The average molecular weight is 371 g/mol. The van der Waals surface area contributed by atoms with Crippen molar-refractivity contribution in [2.75, 3.05) is 32.4 Å². The van der Waals surface area contributed by atoms with Gasteiger partial charge < -0.3 is 10.2 Å². The van der Waals surface area contributed by atoms with E-state index >= 15 is 0 Å². The SMILES string of the molecule is CNC(CCN1CCSC(C)(C)CC1)c1ccc(Br)cc1. The largest absolute Gasteiger partial charge is 0.313 e. The van der Waals surface area contributed by atoms with Crippen LogP contribution in [0.25, 0.3) is 0 Å². The Labute approximate surface area is 142 Å². The van der Waals surface area contributed by atoms with Gasteiger partial charge in [0, 0.05) is 27.6 Å². The molecule has 0 spiro atoms. The van der Waals surface area contributed by atoms with Crippen molar-refractivity contribution in [3.05, 3.63) is 34.3 Å². The maximum absolute atomic E-state index is 3.51. The van der Waals surface area contributed by atoms with E-state index in [-0.39, 0.29) is 0 Å². The fraction of sp³-hybridized carbons (Fsp3) is 0.647. The number of benzene rings is 1. The molecule has 1 unspecified atom stereocenters. The molecule has 0 aliphatic carbocycles. The maximum Gasteiger partial charge on any atom is 0.0329 e. The van der Waals surface area contributed by atoms with E-state index in [1.54, 1.807) is 0 Å². The third-order valence-corrected chi connectivity index (χ3v) is 6.19. The van der Waals surface area contributed by atoms with Gasteiger partial charge in [0.05, 0.1) is 0 Å². The Kier molecular flexibility index (Phi) is 6.60. The minimum atomic E-state index is 0.446. The lowest BCUT2D eigenvalue weighted by atomic mass is 10.0. The lowest BCUT2D eigenvalue weighted by molar-refractivity contribution is 0.268. The molecule has 0 radical (unpaired) electrons. The van der Waals surface area contributed by atoms with Crippen molar-refractivity contribution in [1.29, 1.82) is 0 Å². The van der Waals surface area contributed by atoms with Crippen LogP contribution in [-0.2, 0) is 0 Å². The molecule has 0 saturated carbocycles. The second-order valence-electron chi connectivity index (χ2n) is 6.38. The third kappa shape index (κ3) is 5.59. The quantitative estimate of drug-likeness (QED) is 0.830. The number of nitrogens with zero attached hydrogens (tertiary/aromatic N) is 1. The first-order valence-electron chi connectivity index (χ1n) is 7.79. The fourth-order valence-corrected chi connectivity index (χ4v) is 4.17. The fourth-order valence-electron chi connectivity index (χ4n) is 2.77. The zero-order valence-electron chi connectivity index (χ0n) is 13.4. The van der Waals surface area contributed by atoms with E-state index in [0.717, 1.165) is 4.47 Å². The van der Waals surface area contributed by atoms with E-state index in [2.05, 4.69) is 83.1 Å². The molecule has 1 fully saturated rings. The molecule has 1 saturated heterocycles. The molecular weight excluding hydrogens is 344 g/mol. The van der Waals surface area contributed by atoms with E-state index in [4.69, 9.17) is 0 Å². The van der Waals surface area contributed by atoms with Crippen LogP contribution in [0.15, 0.2) is 28.7 Å². The topological polar surface area (TPSA) is 15.3 Å². The smallest absolute Gasteiger partial charge is 0.0329 e. The highest BCUT2D eigenvalue weighted by Gasteiger charge is 2.23. The van der Waals surface area contributed by atoms with Gasteiger partial charge in [0.1, 0.15) is 0 Å². The lowest BCUT2D eigenvalue weighted by Gasteiger charge is -2.25. The highest BCUT2D eigenvalue weighted by atomic mass is 79.9. The Hall–Kier alpha value is -0.0300. The lowest BCUT2D eigenvalue weighted by Crippen LogP contribution is -2.31. The summed E-state index contributed by atoms with van der Waals surface area (Å²) in [4.78, 5) is 2.63. The van der Waals surface area contributed by atoms with Crippen LogP contribution in [0.3, 0.4) is 0 Å². The van der Waals surface area contributed by atoms with Crippen LogP contribution in [0.5, 0.6) is 0 Å². The van der Waals surface area contributed by atoms with E-state index in [1.807, 2.05) is 0 Å². The summed E-state index contributed by atoms with van der Waals surface area (Å²) in [6.45, 7) is 8.39. The highest BCUT2D eigenvalue weighted by molar-refractivity contribution is 9.10. The Morgan fingerprint density at radius 3 is 2.67 bits per heavy atom. The van der Waals surface area contributed by atoms with Crippen LogP contribution < -0.4 is 5.32 Å². The second-order valence-corrected chi connectivity index (χ2v) is 9.10. The number of rotatable bonds is 5. The monoisotopic (exact) mass is 370 g/mol. The summed E-state index contributed by atoms with van der Waals surface area (Å²) in [5, 5.41) is 3.46. The first-order chi connectivity index (χ1) is 10.00. The minimum Gasteiger partial charge on any atom is -0.313 e. The van der Waals surface area contributed by atoms with Crippen molar-refractivity contribution in [3.63, 3.8) is 0 Å². The van der Waals surface area contributed by atoms with Gasteiger partial charge in [-0.25, -0.2) is 0 Å².